The highest BCUT2D eigenvalue weighted by molar-refractivity contribution is 5.62. The second-order valence-corrected chi connectivity index (χ2v) is 6.78. The molecule has 1 aromatic rings. The van der Waals surface area contributed by atoms with Crippen LogP contribution in [0.4, 0.5) is 11.5 Å². The van der Waals surface area contributed by atoms with E-state index < -0.39 is 4.92 Å². The molecule has 8 heteroatoms. The number of hydrogen-bond donors (Lipinski definition) is 0. The van der Waals surface area contributed by atoms with Crippen LogP contribution in [0.1, 0.15) is 39.2 Å². The van der Waals surface area contributed by atoms with Crippen LogP contribution in [0.2, 0.25) is 0 Å². The van der Waals surface area contributed by atoms with E-state index in [2.05, 4.69) is 23.6 Å². The first kappa shape index (κ1) is 23.0. The van der Waals surface area contributed by atoms with Crippen LogP contribution in [-0.4, -0.2) is 55.7 Å². The molecular formula is C19H31N3O5. The number of methoxy groups -OCH3 is 1. The van der Waals surface area contributed by atoms with E-state index >= 15 is 0 Å². The molecule has 0 radical (unpaired) electrons. The Kier molecular flexibility index (Phi) is 10.5. The van der Waals surface area contributed by atoms with Gasteiger partial charge in [0.05, 0.1) is 4.92 Å². The highest BCUT2D eigenvalue weighted by Gasteiger charge is 2.29. The molecule has 0 aliphatic carbocycles. The van der Waals surface area contributed by atoms with E-state index in [0.717, 1.165) is 25.7 Å². The van der Waals surface area contributed by atoms with Crippen LogP contribution >= 0.6 is 0 Å². The van der Waals surface area contributed by atoms with Gasteiger partial charge in [-0.1, -0.05) is 13.8 Å². The van der Waals surface area contributed by atoms with Crippen molar-refractivity contribution in [3.63, 3.8) is 0 Å². The largest absolute Gasteiger partial charge is 0.385 e. The lowest BCUT2D eigenvalue weighted by Crippen LogP contribution is -2.42. The van der Waals surface area contributed by atoms with Crippen LogP contribution in [0, 0.1) is 16.0 Å². The van der Waals surface area contributed by atoms with Gasteiger partial charge in [-0.05, 0) is 31.2 Å². The number of nitro groups is 1. The van der Waals surface area contributed by atoms with Crippen LogP contribution in [0.5, 0.6) is 0 Å². The second-order valence-electron chi connectivity index (χ2n) is 6.78. The molecule has 0 aromatic carbocycles. The predicted molar refractivity (Wildman–Crippen MR) is 104 cm³/mol. The minimum absolute atomic E-state index is 0.0310. The number of anilines is 1. The summed E-state index contributed by atoms with van der Waals surface area (Å²) in [4.78, 5) is 28.1. The van der Waals surface area contributed by atoms with Gasteiger partial charge in [-0.2, -0.15) is 0 Å². The van der Waals surface area contributed by atoms with Crippen molar-refractivity contribution < 1.29 is 19.2 Å². The van der Waals surface area contributed by atoms with E-state index in [4.69, 9.17) is 4.74 Å². The minimum Gasteiger partial charge on any atom is -0.385 e. The number of carbonyl (C=O) groups excluding carboxylic acids is 1. The molecule has 0 atom stereocenters. The number of aldehydes is 1. The smallest absolute Gasteiger partial charge is 0.311 e. The summed E-state index contributed by atoms with van der Waals surface area (Å²) in [6.45, 7) is 8.97. The summed E-state index contributed by atoms with van der Waals surface area (Å²) in [5.41, 5.74) is 0.531. The lowest BCUT2D eigenvalue weighted by Gasteiger charge is -2.36. The third kappa shape index (κ3) is 7.60. The molecule has 0 unspecified atom stereocenters. The SMILES string of the molecule is CC(C)CN(c1ncc(CC=O)cc1[N+](=O)[O-])C1CCOCC1.CCOC. The summed E-state index contributed by atoms with van der Waals surface area (Å²) < 4.78 is 9.94. The zero-order valence-corrected chi connectivity index (χ0v) is 16.7. The molecule has 0 N–H and O–H groups in total. The maximum absolute atomic E-state index is 11.5. The van der Waals surface area contributed by atoms with E-state index in [0.29, 0.717) is 37.1 Å². The fraction of sp³-hybridized carbons (Fsp3) is 0.684. The zero-order chi connectivity index (χ0) is 20.2. The molecular weight excluding hydrogens is 350 g/mol. The van der Waals surface area contributed by atoms with E-state index in [1.807, 2.05) is 11.8 Å². The Labute approximate surface area is 161 Å². The first-order valence-electron chi connectivity index (χ1n) is 9.34. The van der Waals surface area contributed by atoms with Gasteiger partial charge in [-0.3, -0.25) is 10.1 Å². The molecule has 27 heavy (non-hydrogen) atoms. The Balaban J connectivity index is 0.000000828. The van der Waals surface area contributed by atoms with E-state index in [9.17, 15) is 14.9 Å². The molecule has 152 valence electrons. The normalized spacial score (nSPS) is 14.4. The number of rotatable bonds is 8. The van der Waals surface area contributed by atoms with Crippen LogP contribution < -0.4 is 4.90 Å². The Morgan fingerprint density at radius 2 is 2.07 bits per heavy atom. The summed E-state index contributed by atoms with van der Waals surface area (Å²) in [5.74, 6) is 0.749. The Morgan fingerprint density at radius 3 is 2.56 bits per heavy atom. The second kappa shape index (κ2) is 12.3. The molecule has 1 fully saturated rings. The number of nitrogens with zero attached hydrogens (tertiary/aromatic N) is 3. The summed E-state index contributed by atoms with van der Waals surface area (Å²) >= 11 is 0. The first-order chi connectivity index (χ1) is 12.9. The summed E-state index contributed by atoms with van der Waals surface area (Å²) in [6, 6.07) is 1.65. The van der Waals surface area contributed by atoms with Crippen molar-refractivity contribution in [2.24, 2.45) is 5.92 Å². The van der Waals surface area contributed by atoms with Gasteiger partial charge in [-0.25, -0.2) is 4.98 Å². The summed E-state index contributed by atoms with van der Waals surface area (Å²) in [5, 5.41) is 11.5. The van der Waals surface area contributed by atoms with E-state index in [-0.39, 0.29) is 18.2 Å². The first-order valence-corrected chi connectivity index (χ1v) is 9.34. The molecule has 0 spiro atoms. The average molecular weight is 381 g/mol. The molecule has 1 saturated heterocycles. The monoisotopic (exact) mass is 381 g/mol. The average Bonchev–Trinajstić information content (AvgIpc) is 2.67. The number of carbonyl (C=O) groups is 1. The van der Waals surface area contributed by atoms with Crippen molar-refractivity contribution in [2.75, 3.05) is 38.4 Å². The summed E-state index contributed by atoms with van der Waals surface area (Å²) in [7, 11) is 1.68. The molecule has 0 saturated carbocycles. The Hall–Kier alpha value is -2.06. The van der Waals surface area contributed by atoms with Crippen LogP contribution in [-0.2, 0) is 20.7 Å². The van der Waals surface area contributed by atoms with Gasteiger partial charge < -0.3 is 19.2 Å². The molecule has 0 amide bonds. The van der Waals surface area contributed by atoms with Crippen molar-refractivity contribution in [2.45, 2.75) is 46.1 Å². The van der Waals surface area contributed by atoms with Gasteiger partial charge in [0.25, 0.3) is 0 Å². The third-order valence-corrected chi connectivity index (χ3v) is 4.17. The highest BCUT2D eigenvalue weighted by atomic mass is 16.6. The van der Waals surface area contributed by atoms with Crippen LogP contribution in [0.3, 0.4) is 0 Å². The zero-order valence-electron chi connectivity index (χ0n) is 16.7. The number of ether oxygens (including phenoxy) is 2. The standard InChI is InChI=1S/C16H23N3O4.C3H8O/c1-12(2)11-18(14-4-7-23-8-5-14)16-15(19(21)22)9-13(3-6-20)10-17-16;1-3-4-2/h6,9-10,12,14H,3-5,7-8,11H2,1-2H3;3H2,1-2H3. The maximum Gasteiger partial charge on any atom is 0.311 e. The summed E-state index contributed by atoms with van der Waals surface area (Å²) in [6.07, 6.45) is 4.09. The fourth-order valence-corrected chi connectivity index (χ4v) is 2.85. The molecule has 2 rings (SSSR count). The molecule has 1 aliphatic heterocycles. The Bertz CT molecular complexity index is 587. The van der Waals surface area contributed by atoms with Gasteiger partial charge in [0.15, 0.2) is 0 Å². The molecule has 1 aromatic heterocycles. The van der Waals surface area contributed by atoms with Crippen molar-refractivity contribution in [1.29, 1.82) is 0 Å². The number of hydrogen-bond acceptors (Lipinski definition) is 7. The van der Waals surface area contributed by atoms with Crippen molar-refractivity contribution in [1.82, 2.24) is 4.98 Å². The minimum atomic E-state index is -0.413. The van der Waals surface area contributed by atoms with Crippen molar-refractivity contribution >= 4 is 17.8 Å². The van der Waals surface area contributed by atoms with Crippen molar-refractivity contribution in [3.8, 4) is 0 Å². The third-order valence-electron chi connectivity index (χ3n) is 4.17. The van der Waals surface area contributed by atoms with Crippen molar-refractivity contribution in [3.05, 3.63) is 27.9 Å². The fourth-order valence-electron chi connectivity index (χ4n) is 2.85. The van der Waals surface area contributed by atoms with E-state index in [1.54, 1.807) is 13.3 Å². The van der Waals surface area contributed by atoms with Gasteiger partial charge in [0.2, 0.25) is 5.82 Å². The topological polar surface area (TPSA) is 94.8 Å². The Morgan fingerprint density at radius 1 is 1.44 bits per heavy atom. The predicted octanol–water partition coefficient (Wildman–Crippen LogP) is 3.03. The molecule has 0 bridgehead atoms. The van der Waals surface area contributed by atoms with E-state index in [1.165, 1.54) is 6.07 Å². The van der Waals surface area contributed by atoms with Gasteiger partial charge >= 0.3 is 5.69 Å². The number of pyridine rings is 1. The quantitative estimate of drug-likeness (QED) is 0.388. The lowest BCUT2D eigenvalue weighted by molar-refractivity contribution is -0.384. The molecule has 2 heterocycles. The lowest BCUT2D eigenvalue weighted by atomic mass is 10.0. The van der Waals surface area contributed by atoms with Gasteiger partial charge in [0, 0.05) is 58.2 Å². The molecule has 1 aliphatic rings. The highest BCUT2D eigenvalue weighted by Crippen LogP contribution is 2.31. The maximum atomic E-state index is 11.5. The van der Waals surface area contributed by atoms with Crippen LogP contribution in [0.15, 0.2) is 12.3 Å². The number of aromatic nitrogens is 1. The van der Waals surface area contributed by atoms with Crippen LogP contribution in [0.25, 0.3) is 0 Å². The van der Waals surface area contributed by atoms with Gasteiger partial charge in [0.1, 0.15) is 6.29 Å². The molecule has 8 nitrogen and oxygen atoms in total. The van der Waals surface area contributed by atoms with Gasteiger partial charge in [-0.15, -0.1) is 0 Å².